The van der Waals surface area contributed by atoms with Gasteiger partial charge < -0.3 is 15.3 Å². The summed E-state index contributed by atoms with van der Waals surface area (Å²) in [6, 6.07) is 4.84. The van der Waals surface area contributed by atoms with Gasteiger partial charge in [-0.3, -0.25) is 10.1 Å². The number of hydrogen-bond acceptors (Lipinski definition) is 5. The smallest absolute Gasteiger partial charge is 0.342 e. The molecule has 1 saturated heterocycles. The van der Waals surface area contributed by atoms with Crippen molar-refractivity contribution in [1.29, 1.82) is 0 Å². The van der Waals surface area contributed by atoms with Crippen LogP contribution in [-0.2, 0) is 0 Å². The molecule has 1 aliphatic heterocycles. The van der Waals surface area contributed by atoms with Gasteiger partial charge in [0.05, 0.1) is 4.92 Å². The number of carboxylic acids is 1. The van der Waals surface area contributed by atoms with Gasteiger partial charge in [0.2, 0.25) is 0 Å². The third-order valence-corrected chi connectivity index (χ3v) is 4.00. The van der Waals surface area contributed by atoms with E-state index in [0.717, 1.165) is 19.4 Å². The molecule has 7 heteroatoms. The molecule has 0 radical (unpaired) electrons. The van der Waals surface area contributed by atoms with Gasteiger partial charge in [0.25, 0.3) is 5.69 Å². The standard InChI is InChI=1S/C14H19N3O4/c1-9-7-11(5-6-16(9)2)15-10-3-4-13(17(20)21)12(8-10)14(18)19/h3-4,8-9,11,15H,5-7H2,1-2H3,(H,18,19). The molecule has 0 saturated carbocycles. The number of nitrogens with one attached hydrogen (secondary N) is 1. The molecule has 1 fully saturated rings. The third-order valence-electron chi connectivity index (χ3n) is 4.00. The lowest BCUT2D eigenvalue weighted by Gasteiger charge is -2.35. The molecular formula is C14H19N3O4. The van der Waals surface area contributed by atoms with Crippen LogP contribution < -0.4 is 5.32 Å². The van der Waals surface area contributed by atoms with Gasteiger partial charge in [0.15, 0.2) is 0 Å². The molecule has 1 aromatic rings. The van der Waals surface area contributed by atoms with Crippen LogP contribution in [0.5, 0.6) is 0 Å². The summed E-state index contributed by atoms with van der Waals surface area (Å²) >= 11 is 0. The van der Waals surface area contributed by atoms with Crippen LogP contribution in [0.3, 0.4) is 0 Å². The normalized spacial score (nSPS) is 22.8. The molecule has 21 heavy (non-hydrogen) atoms. The molecule has 1 aromatic carbocycles. The fourth-order valence-corrected chi connectivity index (χ4v) is 2.61. The summed E-state index contributed by atoms with van der Waals surface area (Å²) in [7, 11) is 2.08. The van der Waals surface area contributed by atoms with E-state index in [1.807, 2.05) is 0 Å². The zero-order chi connectivity index (χ0) is 15.6. The molecule has 7 nitrogen and oxygen atoms in total. The largest absolute Gasteiger partial charge is 0.477 e. The van der Waals surface area contributed by atoms with Gasteiger partial charge in [-0.15, -0.1) is 0 Å². The Morgan fingerprint density at radius 1 is 1.52 bits per heavy atom. The maximum Gasteiger partial charge on any atom is 0.342 e. The lowest BCUT2D eigenvalue weighted by atomic mass is 9.98. The van der Waals surface area contributed by atoms with E-state index in [-0.39, 0.29) is 17.3 Å². The number of aromatic carboxylic acids is 1. The van der Waals surface area contributed by atoms with Gasteiger partial charge in [-0.25, -0.2) is 4.79 Å². The van der Waals surface area contributed by atoms with Gasteiger partial charge >= 0.3 is 5.97 Å². The van der Waals surface area contributed by atoms with Crippen LogP contribution in [0.4, 0.5) is 11.4 Å². The minimum Gasteiger partial charge on any atom is -0.477 e. The fraction of sp³-hybridized carbons (Fsp3) is 0.500. The Labute approximate surface area is 122 Å². The zero-order valence-electron chi connectivity index (χ0n) is 12.1. The van der Waals surface area contributed by atoms with Crippen molar-refractivity contribution in [3.63, 3.8) is 0 Å². The predicted molar refractivity (Wildman–Crippen MR) is 78.8 cm³/mol. The van der Waals surface area contributed by atoms with E-state index in [1.165, 1.54) is 12.1 Å². The first-order valence-electron chi connectivity index (χ1n) is 6.87. The third kappa shape index (κ3) is 3.49. The molecule has 114 valence electrons. The molecular weight excluding hydrogens is 274 g/mol. The molecule has 2 N–H and O–H groups in total. The Bertz CT molecular complexity index is 561. The maximum atomic E-state index is 11.1. The van der Waals surface area contributed by atoms with Crippen molar-refractivity contribution < 1.29 is 14.8 Å². The summed E-state index contributed by atoms with van der Waals surface area (Å²) in [4.78, 5) is 23.5. The second-order valence-corrected chi connectivity index (χ2v) is 5.49. The summed E-state index contributed by atoms with van der Waals surface area (Å²) in [6.45, 7) is 3.12. The van der Waals surface area contributed by atoms with Crippen molar-refractivity contribution in [1.82, 2.24) is 4.90 Å². The topological polar surface area (TPSA) is 95.7 Å². The first kappa shape index (κ1) is 15.2. The number of nitro benzene ring substituents is 1. The quantitative estimate of drug-likeness (QED) is 0.652. The van der Waals surface area contributed by atoms with Gasteiger partial charge in [-0.2, -0.15) is 0 Å². The average molecular weight is 293 g/mol. The first-order chi connectivity index (χ1) is 9.88. The van der Waals surface area contributed by atoms with Crippen LogP contribution in [-0.4, -0.2) is 46.6 Å². The van der Waals surface area contributed by atoms with Crippen molar-refractivity contribution in [3.8, 4) is 0 Å². The van der Waals surface area contributed by atoms with Crippen molar-refractivity contribution in [3.05, 3.63) is 33.9 Å². The van der Waals surface area contributed by atoms with Gasteiger partial charge in [-0.05, 0) is 38.9 Å². The van der Waals surface area contributed by atoms with Crippen molar-refractivity contribution >= 4 is 17.3 Å². The number of carboxylic acid groups (broad SMARTS) is 1. The Morgan fingerprint density at radius 3 is 2.81 bits per heavy atom. The van der Waals surface area contributed by atoms with Crippen LogP contribution in [0.15, 0.2) is 18.2 Å². The average Bonchev–Trinajstić information content (AvgIpc) is 2.42. The lowest BCUT2D eigenvalue weighted by Crippen LogP contribution is -2.42. The molecule has 0 spiro atoms. The van der Waals surface area contributed by atoms with E-state index in [9.17, 15) is 14.9 Å². The molecule has 2 atom stereocenters. The second-order valence-electron chi connectivity index (χ2n) is 5.49. The fourth-order valence-electron chi connectivity index (χ4n) is 2.61. The van der Waals surface area contributed by atoms with E-state index in [1.54, 1.807) is 6.07 Å². The monoisotopic (exact) mass is 293 g/mol. The maximum absolute atomic E-state index is 11.1. The highest BCUT2D eigenvalue weighted by Gasteiger charge is 2.24. The Kier molecular flexibility index (Phi) is 4.42. The number of nitrogens with zero attached hydrogens (tertiary/aromatic N) is 2. The van der Waals surface area contributed by atoms with Crippen LogP contribution in [0.2, 0.25) is 0 Å². The summed E-state index contributed by atoms with van der Waals surface area (Å²) in [5.74, 6) is -1.29. The van der Waals surface area contributed by atoms with Crippen molar-refractivity contribution in [2.45, 2.75) is 31.8 Å². The van der Waals surface area contributed by atoms with E-state index in [2.05, 4.69) is 24.2 Å². The van der Waals surface area contributed by atoms with E-state index >= 15 is 0 Å². The van der Waals surface area contributed by atoms with Crippen LogP contribution in [0.25, 0.3) is 0 Å². The van der Waals surface area contributed by atoms with E-state index in [0.29, 0.717) is 11.7 Å². The summed E-state index contributed by atoms with van der Waals surface area (Å²) in [5.41, 5.74) is -0.0597. The number of piperidine rings is 1. The van der Waals surface area contributed by atoms with Crippen LogP contribution in [0, 0.1) is 10.1 Å². The highest BCUT2D eigenvalue weighted by Crippen LogP contribution is 2.25. The number of benzene rings is 1. The number of rotatable bonds is 4. The van der Waals surface area contributed by atoms with Gasteiger partial charge in [0.1, 0.15) is 5.56 Å². The number of likely N-dealkylation sites (tertiary alicyclic amines) is 1. The summed E-state index contributed by atoms with van der Waals surface area (Å²) < 4.78 is 0. The summed E-state index contributed by atoms with van der Waals surface area (Å²) in [6.07, 6.45) is 1.91. The van der Waals surface area contributed by atoms with E-state index < -0.39 is 10.9 Å². The Hall–Kier alpha value is -2.15. The van der Waals surface area contributed by atoms with Crippen LogP contribution in [0.1, 0.15) is 30.1 Å². The highest BCUT2D eigenvalue weighted by molar-refractivity contribution is 5.93. The minimum atomic E-state index is -1.29. The molecule has 0 aliphatic carbocycles. The van der Waals surface area contributed by atoms with Crippen molar-refractivity contribution in [2.24, 2.45) is 0 Å². The number of carbonyl (C=O) groups is 1. The second kappa shape index (κ2) is 6.09. The molecule has 0 amide bonds. The van der Waals surface area contributed by atoms with Crippen LogP contribution >= 0.6 is 0 Å². The molecule has 0 aromatic heterocycles. The first-order valence-corrected chi connectivity index (χ1v) is 6.87. The predicted octanol–water partition coefficient (Wildman–Crippen LogP) is 2.19. The molecule has 2 unspecified atom stereocenters. The molecule has 1 heterocycles. The number of nitro groups is 1. The van der Waals surface area contributed by atoms with Gasteiger partial charge in [0, 0.05) is 30.4 Å². The van der Waals surface area contributed by atoms with Gasteiger partial charge in [-0.1, -0.05) is 0 Å². The number of hydrogen-bond donors (Lipinski definition) is 2. The number of anilines is 1. The van der Waals surface area contributed by atoms with E-state index in [4.69, 9.17) is 5.11 Å². The Morgan fingerprint density at radius 2 is 2.24 bits per heavy atom. The molecule has 2 rings (SSSR count). The molecule has 1 aliphatic rings. The SMILES string of the molecule is CC1CC(Nc2ccc([N+](=O)[O-])c(C(=O)O)c2)CCN1C. The summed E-state index contributed by atoms with van der Waals surface area (Å²) in [5, 5.41) is 23.2. The minimum absolute atomic E-state index is 0.249. The lowest BCUT2D eigenvalue weighted by molar-refractivity contribution is -0.385. The highest BCUT2D eigenvalue weighted by atomic mass is 16.6. The van der Waals surface area contributed by atoms with Crippen molar-refractivity contribution in [2.75, 3.05) is 18.9 Å². The Balaban J connectivity index is 2.16. The zero-order valence-corrected chi connectivity index (χ0v) is 12.1. The molecule has 0 bridgehead atoms.